The van der Waals surface area contributed by atoms with E-state index in [1.54, 1.807) is 38.1 Å². The number of rotatable bonds is 10. The molecular weight excluding hydrogens is 532 g/mol. The highest BCUT2D eigenvalue weighted by molar-refractivity contribution is 7.07. The number of thiazole rings is 1. The summed E-state index contributed by atoms with van der Waals surface area (Å²) < 4.78 is 23.4. The second-order valence-electron chi connectivity index (χ2n) is 8.60. The molecule has 3 aromatic rings. The Hall–Kier alpha value is -4.44. The maximum atomic E-state index is 13.7. The van der Waals surface area contributed by atoms with E-state index in [0.717, 1.165) is 5.56 Å². The molecule has 0 saturated carbocycles. The molecule has 1 atom stereocenters. The molecule has 0 N–H and O–H groups in total. The van der Waals surface area contributed by atoms with Crippen LogP contribution >= 0.6 is 11.3 Å². The number of benzene rings is 2. The lowest BCUT2D eigenvalue weighted by Gasteiger charge is -2.25. The highest BCUT2D eigenvalue weighted by Crippen LogP contribution is 2.36. The van der Waals surface area contributed by atoms with Crippen LogP contribution in [-0.2, 0) is 19.1 Å². The summed E-state index contributed by atoms with van der Waals surface area (Å²) >= 11 is 1.24. The van der Waals surface area contributed by atoms with Crippen LogP contribution in [0.4, 0.5) is 0 Å². The van der Waals surface area contributed by atoms with Gasteiger partial charge in [0.2, 0.25) is 0 Å². The first kappa shape index (κ1) is 28.6. The van der Waals surface area contributed by atoms with Gasteiger partial charge in [-0.2, -0.15) is 0 Å². The van der Waals surface area contributed by atoms with Crippen LogP contribution in [0.25, 0.3) is 12.2 Å². The van der Waals surface area contributed by atoms with E-state index in [2.05, 4.69) is 9.73 Å². The van der Waals surface area contributed by atoms with Crippen LogP contribution < -0.4 is 24.4 Å². The molecular formula is C30H30N2O7S. The van der Waals surface area contributed by atoms with Crippen molar-refractivity contribution in [1.82, 2.24) is 4.57 Å². The highest BCUT2D eigenvalue weighted by atomic mass is 32.1. The number of hydrogen-bond acceptors (Lipinski definition) is 9. The van der Waals surface area contributed by atoms with Gasteiger partial charge in [-0.05, 0) is 50.1 Å². The third-order valence-corrected chi connectivity index (χ3v) is 7.01. The van der Waals surface area contributed by atoms with Crippen LogP contribution in [0.1, 0.15) is 37.9 Å². The molecule has 1 aliphatic rings. The van der Waals surface area contributed by atoms with Crippen molar-refractivity contribution in [1.29, 1.82) is 0 Å². The molecule has 0 fully saturated rings. The number of hydrogen-bond donors (Lipinski definition) is 0. The average molecular weight is 563 g/mol. The van der Waals surface area contributed by atoms with Gasteiger partial charge in [-0.1, -0.05) is 59.9 Å². The predicted molar refractivity (Wildman–Crippen MR) is 152 cm³/mol. The second kappa shape index (κ2) is 13.1. The number of methoxy groups -OCH3 is 1. The zero-order chi connectivity index (χ0) is 28.6. The molecule has 0 unspecified atom stereocenters. The Bertz CT molecular complexity index is 1630. The zero-order valence-corrected chi connectivity index (χ0v) is 23.5. The Labute approximate surface area is 235 Å². The Morgan fingerprint density at radius 2 is 1.82 bits per heavy atom. The summed E-state index contributed by atoms with van der Waals surface area (Å²) in [6.07, 6.45) is 5.47. The van der Waals surface area contributed by atoms with E-state index in [1.807, 2.05) is 49.4 Å². The molecule has 1 aliphatic heterocycles. The largest absolute Gasteiger partial charge is 0.490 e. The van der Waals surface area contributed by atoms with Gasteiger partial charge in [0.05, 0.1) is 42.2 Å². The van der Waals surface area contributed by atoms with Gasteiger partial charge in [-0.3, -0.25) is 9.36 Å². The van der Waals surface area contributed by atoms with Crippen molar-refractivity contribution in [3.8, 4) is 11.5 Å². The predicted octanol–water partition coefficient (Wildman–Crippen LogP) is 3.41. The lowest BCUT2D eigenvalue weighted by atomic mass is 9.95. The van der Waals surface area contributed by atoms with Crippen LogP contribution in [-0.4, -0.2) is 43.4 Å². The van der Waals surface area contributed by atoms with E-state index in [4.69, 9.17) is 14.2 Å². The Morgan fingerprint density at radius 1 is 1.05 bits per heavy atom. The van der Waals surface area contributed by atoms with Crippen molar-refractivity contribution in [3.05, 3.63) is 96.7 Å². The lowest BCUT2D eigenvalue weighted by Crippen LogP contribution is -2.39. The summed E-state index contributed by atoms with van der Waals surface area (Å²) in [5, 5.41) is 0. The molecule has 10 heteroatoms. The van der Waals surface area contributed by atoms with Gasteiger partial charge in [0.15, 0.2) is 22.9 Å². The van der Waals surface area contributed by atoms with Crippen molar-refractivity contribution in [2.24, 2.45) is 4.99 Å². The standard InChI is InChI=1S/C30H30N2O7S/c1-5-37-23-17-21(15-16-22(23)39-18-25(33)36-4)27-26(29(35)38-6-2)19(3)31-30-32(27)28(34)24(40-30)14-10-13-20-11-8-7-9-12-20/h7-17,27H,5-6,18H2,1-4H3/b13-10+,24-14-/t27-/m1/s1. The van der Waals surface area contributed by atoms with Gasteiger partial charge in [0.25, 0.3) is 5.56 Å². The Morgan fingerprint density at radius 3 is 2.52 bits per heavy atom. The molecule has 2 aromatic carbocycles. The molecule has 4 rings (SSSR count). The molecule has 0 saturated heterocycles. The van der Waals surface area contributed by atoms with Crippen molar-refractivity contribution < 1.29 is 28.5 Å². The fourth-order valence-corrected chi connectivity index (χ4v) is 5.21. The van der Waals surface area contributed by atoms with E-state index in [1.165, 1.54) is 23.0 Å². The highest BCUT2D eigenvalue weighted by Gasteiger charge is 2.34. The fourth-order valence-electron chi connectivity index (χ4n) is 4.21. The van der Waals surface area contributed by atoms with Gasteiger partial charge in [0, 0.05) is 0 Å². The molecule has 40 heavy (non-hydrogen) atoms. The van der Waals surface area contributed by atoms with E-state index in [-0.39, 0.29) is 24.3 Å². The minimum absolute atomic E-state index is 0.168. The normalized spacial score (nSPS) is 15.0. The SMILES string of the molecule is CCOC(=O)C1=C(C)N=c2s/c(=C\C=C\c3ccccc3)c(=O)n2[C@@H]1c1ccc(OCC(=O)OC)c(OCC)c1. The number of allylic oxidation sites excluding steroid dienone is 2. The summed E-state index contributed by atoms with van der Waals surface area (Å²) in [5.41, 5.74) is 2.03. The van der Waals surface area contributed by atoms with Gasteiger partial charge in [-0.15, -0.1) is 0 Å². The summed E-state index contributed by atoms with van der Waals surface area (Å²) in [6, 6.07) is 14.0. The summed E-state index contributed by atoms with van der Waals surface area (Å²) in [7, 11) is 1.28. The number of nitrogens with zero attached hydrogens (tertiary/aromatic N) is 2. The molecule has 9 nitrogen and oxygen atoms in total. The van der Waals surface area contributed by atoms with Gasteiger partial charge >= 0.3 is 11.9 Å². The maximum absolute atomic E-state index is 13.7. The minimum atomic E-state index is -0.815. The molecule has 208 valence electrons. The number of carbonyl (C=O) groups is 2. The third-order valence-electron chi connectivity index (χ3n) is 6.01. The quantitative estimate of drug-likeness (QED) is 0.349. The summed E-state index contributed by atoms with van der Waals surface area (Å²) in [5.74, 6) is -0.415. The molecule has 1 aromatic heterocycles. The topological polar surface area (TPSA) is 105 Å². The number of aromatic nitrogens is 1. The fraction of sp³-hybridized carbons (Fsp3) is 0.267. The molecule has 0 spiro atoms. The monoisotopic (exact) mass is 562 g/mol. The van der Waals surface area contributed by atoms with E-state index in [9.17, 15) is 14.4 Å². The van der Waals surface area contributed by atoms with E-state index < -0.39 is 18.0 Å². The lowest BCUT2D eigenvalue weighted by molar-refractivity contribution is -0.143. The van der Waals surface area contributed by atoms with Crippen molar-refractivity contribution >= 4 is 35.4 Å². The van der Waals surface area contributed by atoms with Crippen LogP contribution in [0, 0.1) is 0 Å². The van der Waals surface area contributed by atoms with Gasteiger partial charge < -0.3 is 18.9 Å². The van der Waals surface area contributed by atoms with Crippen LogP contribution in [0.3, 0.4) is 0 Å². The average Bonchev–Trinajstić information content (AvgIpc) is 3.26. The Kier molecular flexibility index (Phi) is 9.34. The molecule has 2 heterocycles. The van der Waals surface area contributed by atoms with Crippen molar-refractivity contribution in [2.45, 2.75) is 26.8 Å². The first-order valence-corrected chi connectivity index (χ1v) is 13.6. The van der Waals surface area contributed by atoms with Gasteiger partial charge in [-0.25, -0.2) is 14.6 Å². The van der Waals surface area contributed by atoms with Crippen LogP contribution in [0.2, 0.25) is 0 Å². The minimum Gasteiger partial charge on any atom is -0.490 e. The third kappa shape index (κ3) is 6.23. The maximum Gasteiger partial charge on any atom is 0.343 e. The van der Waals surface area contributed by atoms with Crippen LogP contribution in [0.5, 0.6) is 11.5 Å². The van der Waals surface area contributed by atoms with Gasteiger partial charge in [0.1, 0.15) is 0 Å². The van der Waals surface area contributed by atoms with E-state index in [0.29, 0.717) is 38.7 Å². The first-order chi connectivity index (χ1) is 19.4. The molecule has 0 bridgehead atoms. The molecule has 0 amide bonds. The van der Waals surface area contributed by atoms with Crippen molar-refractivity contribution in [3.63, 3.8) is 0 Å². The van der Waals surface area contributed by atoms with Crippen LogP contribution in [0.15, 0.2) is 75.7 Å². The second-order valence-corrected chi connectivity index (χ2v) is 9.61. The first-order valence-electron chi connectivity index (χ1n) is 12.8. The van der Waals surface area contributed by atoms with Crippen molar-refractivity contribution in [2.75, 3.05) is 26.9 Å². The molecule has 0 aliphatic carbocycles. The molecule has 0 radical (unpaired) electrons. The Balaban J connectivity index is 1.84. The number of esters is 2. The number of fused-ring (bicyclic) bond motifs is 1. The number of carbonyl (C=O) groups excluding carboxylic acids is 2. The summed E-state index contributed by atoms with van der Waals surface area (Å²) in [4.78, 5) is 43.6. The smallest absolute Gasteiger partial charge is 0.343 e. The summed E-state index contributed by atoms with van der Waals surface area (Å²) in [6.45, 7) is 5.46. The van der Waals surface area contributed by atoms with E-state index >= 15 is 0 Å². The number of ether oxygens (including phenoxy) is 4. The zero-order valence-electron chi connectivity index (χ0n) is 22.7.